The van der Waals surface area contributed by atoms with Crippen LogP contribution in [0.4, 0.5) is 5.69 Å². The molecule has 1 unspecified atom stereocenters. The third kappa shape index (κ3) is 2.48. The molecule has 78 valence electrons. The molecule has 0 amide bonds. The Hall–Kier alpha value is -1.02. The lowest BCUT2D eigenvalue weighted by Crippen LogP contribution is -2.25. The molecule has 0 fully saturated rings. The molecule has 0 aliphatic carbocycles. The number of nitrogens with zero attached hydrogens (tertiary/aromatic N) is 1. The molecule has 2 nitrogen and oxygen atoms in total. The van der Waals surface area contributed by atoms with Gasteiger partial charge in [-0.1, -0.05) is 12.1 Å². The molecule has 1 aromatic carbocycles. The van der Waals surface area contributed by atoms with Crippen LogP contribution < -0.4 is 10.6 Å². The molecular weight excluding hydrogens is 172 g/mol. The lowest BCUT2D eigenvalue weighted by atomic mass is 10.1. The summed E-state index contributed by atoms with van der Waals surface area (Å²) in [7, 11) is 2.10. The Kier molecular flexibility index (Phi) is 3.53. The van der Waals surface area contributed by atoms with Crippen molar-refractivity contribution >= 4 is 5.69 Å². The summed E-state index contributed by atoms with van der Waals surface area (Å²) in [6, 6.07) is 9.08. The fourth-order valence-electron chi connectivity index (χ4n) is 1.31. The topological polar surface area (TPSA) is 29.3 Å². The lowest BCUT2D eigenvalue weighted by molar-refractivity contribution is 0.753. The standard InChI is InChI=1S/C12H20N2/c1-9(2)14(4)12-7-5-11(6-8-12)10(3)13/h5-10H,13H2,1-4H3. The number of nitrogens with two attached hydrogens (primary N) is 1. The van der Waals surface area contributed by atoms with Crippen LogP contribution >= 0.6 is 0 Å². The fraction of sp³-hybridized carbons (Fsp3) is 0.500. The molecule has 0 spiro atoms. The van der Waals surface area contributed by atoms with E-state index in [0.29, 0.717) is 6.04 Å². The summed E-state index contributed by atoms with van der Waals surface area (Å²) < 4.78 is 0. The van der Waals surface area contributed by atoms with Crippen LogP contribution in [0.25, 0.3) is 0 Å². The summed E-state index contributed by atoms with van der Waals surface area (Å²) in [6.07, 6.45) is 0. The second-order valence-electron chi connectivity index (χ2n) is 4.08. The Labute approximate surface area is 86.7 Å². The van der Waals surface area contributed by atoms with E-state index in [4.69, 9.17) is 5.73 Å². The first-order valence-corrected chi connectivity index (χ1v) is 5.10. The molecule has 1 aromatic rings. The molecule has 1 atom stereocenters. The van der Waals surface area contributed by atoms with Crippen molar-refractivity contribution < 1.29 is 0 Å². The van der Waals surface area contributed by atoms with Crippen molar-refractivity contribution in [2.45, 2.75) is 32.9 Å². The molecule has 0 saturated carbocycles. The summed E-state index contributed by atoms with van der Waals surface area (Å²) >= 11 is 0. The first-order valence-electron chi connectivity index (χ1n) is 5.10. The Morgan fingerprint density at radius 1 is 1.07 bits per heavy atom. The van der Waals surface area contributed by atoms with Gasteiger partial charge >= 0.3 is 0 Å². The highest BCUT2D eigenvalue weighted by molar-refractivity contribution is 5.47. The highest BCUT2D eigenvalue weighted by Crippen LogP contribution is 2.18. The van der Waals surface area contributed by atoms with Crippen molar-refractivity contribution in [3.05, 3.63) is 29.8 Å². The first kappa shape index (κ1) is 11.1. The monoisotopic (exact) mass is 192 g/mol. The third-order valence-corrected chi connectivity index (χ3v) is 2.60. The lowest BCUT2D eigenvalue weighted by Gasteiger charge is -2.24. The van der Waals surface area contributed by atoms with Gasteiger partial charge in [0, 0.05) is 24.8 Å². The van der Waals surface area contributed by atoms with E-state index in [0.717, 1.165) is 0 Å². The normalized spacial score (nSPS) is 13.0. The van der Waals surface area contributed by atoms with Crippen LogP contribution in [-0.4, -0.2) is 13.1 Å². The zero-order valence-corrected chi connectivity index (χ0v) is 9.49. The van der Waals surface area contributed by atoms with Gasteiger partial charge in [-0.15, -0.1) is 0 Å². The Balaban J connectivity index is 2.83. The van der Waals surface area contributed by atoms with Gasteiger partial charge in [0.15, 0.2) is 0 Å². The van der Waals surface area contributed by atoms with Gasteiger partial charge < -0.3 is 10.6 Å². The summed E-state index contributed by atoms with van der Waals surface area (Å²) in [5.74, 6) is 0. The van der Waals surface area contributed by atoms with Gasteiger partial charge in [-0.3, -0.25) is 0 Å². The predicted octanol–water partition coefficient (Wildman–Crippen LogP) is 2.55. The summed E-state index contributed by atoms with van der Waals surface area (Å²) in [5.41, 5.74) is 8.21. The van der Waals surface area contributed by atoms with E-state index in [9.17, 15) is 0 Å². The molecule has 0 aliphatic rings. The molecule has 2 N–H and O–H groups in total. The van der Waals surface area contributed by atoms with E-state index in [2.05, 4.69) is 50.1 Å². The SMILES string of the molecule is CC(N)c1ccc(N(C)C(C)C)cc1. The van der Waals surface area contributed by atoms with E-state index in [1.165, 1.54) is 11.3 Å². The van der Waals surface area contributed by atoms with E-state index in [1.54, 1.807) is 0 Å². The average Bonchev–Trinajstić information content (AvgIpc) is 2.16. The van der Waals surface area contributed by atoms with Crippen molar-refractivity contribution in [3.63, 3.8) is 0 Å². The van der Waals surface area contributed by atoms with Crippen molar-refractivity contribution in [1.82, 2.24) is 0 Å². The number of benzene rings is 1. The van der Waals surface area contributed by atoms with Gasteiger partial charge in [0.2, 0.25) is 0 Å². The molecule has 0 aliphatic heterocycles. The molecule has 2 heteroatoms. The minimum atomic E-state index is 0.119. The number of anilines is 1. The second-order valence-corrected chi connectivity index (χ2v) is 4.08. The largest absolute Gasteiger partial charge is 0.372 e. The van der Waals surface area contributed by atoms with Crippen molar-refractivity contribution in [3.8, 4) is 0 Å². The number of hydrogen-bond donors (Lipinski definition) is 1. The molecule has 0 heterocycles. The molecular formula is C12H20N2. The zero-order chi connectivity index (χ0) is 10.7. The maximum Gasteiger partial charge on any atom is 0.0366 e. The Bertz CT molecular complexity index is 275. The van der Waals surface area contributed by atoms with Gasteiger partial charge in [0.05, 0.1) is 0 Å². The van der Waals surface area contributed by atoms with Crippen LogP contribution in [0, 0.1) is 0 Å². The van der Waals surface area contributed by atoms with Crippen LogP contribution in [0.15, 0.2) is 24.3 Å². The van der Waals surface area contributed by atoms with Gasteiger partial charge in [-0.05, 0) is 38.5 Å². The highest BCUT2D eigenvalue weighted by Gasteiger charge is 2.05. The van der Waals surface area contributed by atoms with Gasteiger partial charge in [-0.2, -0.15) is 0 Å². The van der Waals surface area contributed by atoms with E-state index >= 15 is 0 Å². The van der Waals surface area contributed by atoms with Crippen molar-refractivity contribution in [2.24, 2.45) is 5.73 Å². The zero-order valence-electron chi connectivity index (χ0n) is 9.49. The predicted molar refractivity (Wildman–Crippen MR) is 62.6 cm³/mol. The average molecular weight is 192 g/mol. The van der Waals surface area contributed by atoms with Crippen LogP contribution in [-0.2, 0) is 0 Å². The fourth-order valence-corrected chi connectivity index (χ4v) is 1.31. The Morgan fingerprint density at radius 2 is 1.57 bits per heavy atom. The van der Waals surface area contributed by atoms with Crippen LogP contribution in [0.5, 0.6) is 0 Å². The van der Waals surface area contributed by atoms with Crippen LogP contribution in [0.1, 0.15) is 32.4 Å². The smallest absolute Gasteiger partial charge is 0.0366 e. The van der Waals surface area contributed by atoms with E-state index in [1.807, 2.05) is 6.92 Å². The second kappa shape index (κ2) is 4.47. The van der Waals surface area contributed by atoms with E-state index in [-0.39, 0.29) is 6.04 Å². The highest BCUT2D eigenvalue weighted by atomic mass is 15.1. The molecule has 0 radical (unpaired) electrons. The number of rotatable bonds is 3. The maximum absolute atomic E-state index is 5.79. The van der Waals surface area contributed by atoms with Crippen molar-refractivity contribution in [2.75, 3.05) is 11.9 Å². The first-order chi connectivity index (χ1) is 6.52. The molecule has 0 aromatic heterocycles. The Morgan fingerprint density at radius 3 is 1.93 bits per heavy atom. The number of hydrogen-bond acceptors (Lipinski definition) is 2. The molecule has 0 saturated heterocycles. The van der Waals surface area contributed by atoms with Gasteiger partial charge in [0.25, 0.3) is 0 Å². The van der Waals surface area contributed by atoms with Crippen LogP contribution in [0.2, 0.25) is 0 Å². The van der Waals surface area contributed by atoms with E-state index < -0.39 is 0 Å². The minimum Gasteiger partial charge on any atom is -0.372 e. The van der Waals surface area contributed by atoms with Gasteiger partial charge in [0.1, 0.15) is 0 Å². The third-order valence-electron chi connectivity index (χ3n) is 2.60. The summed E-state index contributed by atoms with van der Waals surface area (Å²) in [5, 5.41) is 0. The van der Waals surface area contributed by atoms with Crippen LogP contribution in [0.3, 0.4) is 0 Å². The summed E-state index contributed by atoms with van der Waals surface area (Å²) in [4.78, 5) is 2.24. The molecule has 1 rings (SSSR count). The maximum atomic E-state index is 5.79. The van der Waals surface area contributed by atoms with Gasteiger partial charge in [-0.25, -0.2) is 0 Å². The molecule has 14 heavy (non-hydrogen) atoms. The quantitative estimate of drug-likeness (QED) is 0.797. The molecule has 0 bridgehead atoms. The summed E-state index contributed by atoms with van der Waals surface area (Å²) in [6.45, 7) is 6.36. The van der Waals surface area contributed by atoms with Crippen molar-refractivity contribution in [1.29, 1.82) is 0 Å². The minimum absolute atomic E-state index is 0.119.